The second-order valence-electron chi connectivity index (χ2n) is 6.56. The Hall–Kier alpha value is -2.49. The molecule has 1 aliphatic rings. The van der Waals surface area contributed by atoms with Crippen molar-refractivity contribution in [3.8, 4) is 11.5 Å². The van der Waals surface area contributed by atoms with E-state index in [9.17, 15) is 4.79 Å². The summed E-state index contributed by atoms with van der Waals surface area (Å²) >= 11 is 0. The molecular formula is C19H18O4. The molecule has 2 aromatic carbocycles. The summed E-state index contributed by atoms with van der Waals surface area (Å²) in [7, 11) is 1.57. The number of methoxy groups -OCH3 is 1. The van der Waals surface area contributed by atoms with Crippen molar-refractivity contribution in [2.75, 3.05) is 7.11 Å². The summed E-state index contributed by atoms with van der Waals surface area (Å²) in [4.78, 5) is 12.9. The van der Waals surface area contributed by atoms with Gasteiger partial charge in [0, 0.05) is 5.56 Å². The number of fused-ring (bicyclic) bond motifs is 4. The molecule has 0 spiro atoms. The van der Waals surface area contributed by atoms with E-state index in [1.54, 1.807) is 19.2 Å². The summed E-state index contributed by atoms with van der Waals surface area (Å²) in [6.07, 6.45) is 1.78. The standard InChI is InChI=1S/C19H18O4/c1-19(2)9-8-11-10-14(21-3)15-16(20)12-6-4-5-7-13(12)22-18(15)17(11)23-19/h4-7,10H,8-9H2,1-3H3. The van der Waals surface area contributed by atoms with Gasteiger partial charge in [-0.1, -0.05) is 12.1 Å². The number of ether oxygens (including phenoxy) is 2. The van der Waals surface area contributed by atoms with Gasteiger partial charge in [-0.15, -0.1) is 0 Å². The Balaban J connectivity index is 2.18. The molecule has 2 heterocycles. The van der Waals surface area contributed by atoms with E-state index in [-0.39, 0.29) is 11.0 Å². The molecule has 0 unspecified atom stereocenters. The molecule has 0 N–H and O–H groups in total. The predicted molar refractivity (Wildman–Crippen MR) is 89.6 cm³/mol. The van der Waals surface area contributed by atoms with Crippen molar-refractivity contribution in [3.63, 3.8) is 0 Å². The Kier molecular flexibility index (Phi) is 2.92. The highest BCUT2D eigenvalue weighted by molar-refractivity contribution is 5.97. The molecule has 1 aliphatic heterocycles. The fourth-order valence-electron chi connectivity index (χ4n) is 3.19. The molecule has 0 amide bonds. The first-order valence-electron chi connectivity index (χ1n) is 7.74. The predicted octanol–water partition coefficient (Wildman–Crippen LogP) is 4.06. The summed E-state index contributed by atoms with van der Waals surface area (Å²) in [6.45, 7) is 4.09. The van der Waals surface area contributed by atoms with E-state index < -0.39 is 0 Å². The molecule has 0 saturated heterocycles. The van der Waals surface area contributed by atoms with Gasteiger partial charge in [0.1, 0.15) is 22.3 Å². The molecule has 4 nitrogen and oxygen atoms in total. The Morgan fingerprint density at radius 2 is 2.00 bits per heavy atom. The SMILES string of the molecule is COc1cc2c(c3oc4ccccc4c(=O)c13)OC(C)(C)CC2. The van der Waals surface area contributed by atoms with Crippen molar-refractivity contribution in [2.45, 2.75) is 32.3 Å². The molecule has 4 rings (SSSR count). The zero-order chi connectivity index (χ0) is 16.2. The van der Waals surface area contributed by atoms with E-state index in [0.717, 1.165) is 18.4 Å². The molecule has 1 aromatic heterocycles. The van der Waals surface area contributed by atoms with E-state index in [1.165, 1.54) is 0 Å². The molecule has 0 atom stereocenters. The van der Waals surface area contributed by atoms with E-state index in [0.29, 0.717) is 33.4 Å². The largest absolute Gasteiger partial charge is 0.496 e. The maximum absolute atomic E-state index is 12.9. The average molecular weight is 310 g/mol. The van der Waals surface area contributed by atoms with Crippen LogP contribution in [0.4, 0.5) is 0 Å². The van der Waals surface area contributed by atoms with Crippen molar-refractivity contribution in [1.29, 1.82) is 0 Å². The lowest BCUT2D eigenvalue weighted by Gasteiger charge is -2.33. The van der Waals surface area contributed by atoms with Crippen LogP contribution < -0.4 is 14.9 Å². The monoisotopic (exact) mass is 310 g/mol. The van der Waals surface area contributed by atoms with Gasteiger partial charge in [0.2, 0.25) is 5.43 Å². The van der Waals surface area contributed by atoms with Crippen molar-refractivity contribution >= 4 is 21.9 Å². The quantitative estimate of drug-likeness (QED) is 0.636. The molecule has 0 fully saturated rings. The van der Waals surface area contributed by atoms with Crippen LogP contribution >= 0.6 is 0 Å². The topological polar surface area (TPSA) is 48.7 Å². The smallest absolute Gasteiger partial charge is 0.204 e. The fourth-order valence-corrected chi connectivity index (χ4v) is 3.19. The molecule has 3 aromatic rings. The van der Waals surface area contributed by atoms with E-state index in [4.69, 9.17) is 13.9 Å². The van der Waals surface area contributed by atoms with Crippen molar-refractivity contribution < 1.29 is 13.9 Å². The normalized spacial score (nSPS) is 16.1. The molecule has 23 heavy (non-hydrogen) atoms. The van der Waals surface area contributed by atoms with Crippen LogP contribution in [0.25, 0.3) is 21.9 Å². The number of hydrogen-bond donors (Lipinski definition) is 0. The fraction of sp³-hybridized carbons (Fsp3) is 0.316. The molecule has 0 saturated carbocycles. The van der Waals surface area contributed by atoms with Gasteiger partial charge in [-0.3, -0.25) is 4.79 Å². The maximum atomic E-state index is 12.9. The van der Waals surface area contributed by atoms with Crippen LogP contribution in [0, 0.1) is 0 Å². The minimum Gasteiger partial charge on any atom is -0.496 e. The number of aryl methyl sites for hydroxylation is 1. The zero-order valence-electron chi connectivity index (χ0n) is 13.4. The number of rotatable bonds is 1. The van der Waals surface area contributed by atoms with Gasteiger partial charge >= 0.3 is 0 Å². The van der Waals surface area contributed by atoms with Gasteiger partial charge in [-0.05, 0) is 44.9 Å². The minimum absolute atomic E-state index is 0.0894. The van der Waals surface area contributed by atoms with Crippen molar-refractivity contribution in [1.82, 2.24) is 0 Å². The third kappa shape index (κ3) is 2.09. The molecule has 118 valence electrons. The van der Waals surface area contributed by atoms with Crippen LogP contribution in [0.15, 0.2) is 39.5 Å². The van der Waals surface area contributed by atoms with Gasteiger partial charge in [-0.2, -0.15) is 0 Å². The second kappa shape index (κ2) is 4.75. The number of hydrogen-bond acceptors (Lipinski definition) is 4. The highest BCUT2D eigenvalue weighted by atomic mass is 16.5. The second-order valence-corrected chi connectivity index (χ2v) is 6.56. The van der Waals surface area contributed by atoms with Gasteiger partial charge in [0.25, 0.3) is 0 Å². The van der Waals surface area contributed by atoms with Crippen molar-refractivity contribution in [3.05, 3.63) is 46.1 Å². The average Bonchev–Trinajstić information content (AvgIpc) is 2.54. The van der Waals surface area contributed by atoms with Gasteiger partial charge < -0.3 is 13.9 Å². The van der Waals surface area contributed by atoms with Crippen LogP contribution in [0.1, 0.15) is 25.8 Å². The lowest BCUT2D eigenvalue weighted by molar-refractivity contribution is 0.0852. The highest BCUT2D eigenvalue weighted by Gasteiger charge is 2.31. The summed E-state index contributed by atoms with van der Waals surface area (Å²) in [6, 6.07) is 9.16. The molecule has 0 aliphatic carbocycles. The summed E-state index contributed by atoms with van der Waals surface area (Å²) in [5.41, 5.74) is 1.70. The van der Waals surface area contributed by atoms with Gasteiger partial charge in [-0.25, -0.2) is 0 Å². The van der Waals surface area contributed by atoms with Crippen LogP contribution in [-0.2, 0) is 6.42 Å². The molecule has 0 bridgehead atoms. The molecule has 4 heteroatoms. The third-order valence-corrected chi connectivity index (χ3v) is 4.44. The van der Waals surface area contributed by atoms with Gasteiger partial charge in [0.15, 0.2) is 11.3 Å². The van der Waals surface area contributed by atoms with Crippen LogP contribution in [-0.4, -0.2) is 12.7 Å². The van der Waals surface area contributed by atoms with Gasteiger partial charge in [0.05, 0.1) is 12.5 Å². The minimum atomic E-state index is -0.279. The lowest BCUT2D eigenvalue weighted by atomic mass is 9.93. The molecule has 0 radical (unpaired) electrons. The number of benzene rings is 2. The van der Waals surface area contributed by atoms with Crippen LogP contribution in [0.2, 0.25) is 0 Å². The molecular weight excluding hydrogens is 292 g/mol. The lowest BCUT2D eigenvalue weighted by Crippen LogP contribution is -2.32. The van der Waals surface area contributed by atoms with Crippen LogP contribution in [0.3, 0.4) is 0 Å². The first-order chi connectivity index (χ1) is 11.0. The van der Waals surface area contributed by atoms with Crippen LogP contribution in [0.5, 0.6) is 11.5 Å². The van der Waals surface area contributed by atoms with Crippen molar-refractivity contribution in [2.24, 2.45) is 0 Å². The zero-order valence-corrected chi connectivity index (χ0v) is 13.4. The Morgan fingerprint density at radius 3 is 2.78 bits per heavy atom. The highest BCUT2D eigenvalue weighted by Crippen LogP contribution is 2.42. The third-order valence-electron chi connectivity index (χ3n) is 4.44. The summed E-state index contributed by atoms with van der Waals surface area (Å²) in [5.74, 6) is 1.21. The maximum Gasteiger partial charge on any atom is 0.204 e. The first-order valence-corrected chi connectivity index (χ1v) is 7.74. The summed E-state index contributed by atoms with van der Waals surface area (Å²) in [5, 5.41) is 0.996. The Bertz CT molecular complexity index is 982. The van der Waals surface area contributed by atoms with E-state index >= 15 is 0 Å². The number of para-hydroxylation sites is 1. The summed E-state index contributed by atoms with van der Waals surface area (Å²) < 4.78 is 17.7. The Morgan fingerprint density at radius 1 is 1.22 bits per heavy atom. The van der Waals surface area contributed by atoms with E-state index in [2.05, 4.69) is 0 Å². The first kappa shape index (κ1) is 14.1. The Labute approximate surface area is 133 Å². The van der Waals surface area contributed by atoms with E-state index in [1.807, 2.05) is 32.0 Å².